The van der Waals surface area contributed by atoms with Crippen LogP contribution < -0.4 is 0 Å². The van der Waals surface area contributed by atoms with Gasteiger partial charge in [0.2, 0.25) is 5.91 Å². The van der Waals surface area contributed by atoms with Crippen molar-refractivity contribution in [1.29, 1.82) is 0 Å². The number of alkyl halides is 1. The predicted molar refractivity (Wildman–Crippen MR) is 59.6 cm³/mol. The summed E-state index contributed by atoms with van der Waals surface area (Å²) in [6.45, 7) is 2.33. The average molecular weight is 264 g/mol. The molecule has 14 heavy (non-hydrogen) atoms. The summed E-state index contributed by atoms with van der Waals surface area (Å²) in [6.07, 6.45) is 2.79. The van der Waals surface area contributed by atoms with Gasteiger partial charge in [0.25, 0.3) is 0 Å². The molecule has 0 aromatic rings. The van der Waals surface area contributed by atoms with Crippen LogP contribution in [-0.2, 0) is 9.53 Å². The van der Waals surface area contributed by atoms with Crippen molar-refractivity contribution in [2.75, 3.05) is 32.1 Å². The van der Waals surface area contributed by atoms with Gasteiger partial charge in [-0.3, -0.25) is 4.79 Å². The first kappa shape index (κ1) is 12.0. The van der Waals surface area contributed by atoms with Crippen molar-refractivity contribution in [3.63, 3.8) is 0 Å². The Kier molecular flexibility index (Phi) is 5.48. The van der Waals surface area contributed by atoms with Crippen LogP contribution in [0.4, 0.5) is 0 Å². The van der Waals surface area contributed by atoms with E-state index in [9.17, 15) is 4.79 Å². The summed E-state index contributed by atoms with van der Waals surface area (Å²) in [5, 5.41) is 0.957. The summed E-state index contributed by atoms with van der Waals surface area (Å²) in [6, 6.07) is 0. The highest BCUT2D eigenvalue weighted by Gasteiger charge is 2.23. The van der Waals surface area contributed by atoms with E-state index in [0.717, 1.165) is 44.4 Å². The van der Waals surface area contributed by atoms with Crippen molar-refractivity contribution in [3.8, 4) is 0 Å². The van der Waals surface area contributed by atoms with Crippen molar-refractivity contribution in [2.45, 2.75) is 19.3 Å². The maximum atomic E-state index is 11.9. The van der Waals surface area contributed by atoms with Crippen molar-refractivity contribution in [1.82, 2.24) is 4.90 Å². The summed E-state index contributed by atoms with van der Waals surface area (Å²) >= 11 is 3.37. The minimum absolute atomic E-state index is 0.198. The summed E-state index contributed by atoms with van der Waals surface area (Å²) in [7, 11) is 1.89. The first-order chi connectivity index (χ1) is 6.75. The molecule has 1 amide bonds. The fourth-order valence-corrected chi connectivity index (χ4v) is 1.91. The van der Waals surface area contributed by atoms with Gasteiger partial charge in [0.15, 0.2) is 0 Å². The molecule has 1 fully saturated rings. The Morgan fingerprint density at radius 3 is 2.71 bits per heavy atom. The lowest BCUT2D eigenvalue weighted by Gasteiger charge is -2.26. The zero-order valence-corrected chi connectivity index (χ0v) is 10.3. The van der Waals surface area contributed by atoms with Crippen molar-refractivity contribution < 1.29 is 9.53 Å². The Labute approximate surface area is 93.9 Å². The highest BCUT2D eigenvalue weighted by atomic mass is 79.9. The van der Waals surface area contributed by atoms with Crippen LogP contribution in [0.15, 0.2) is 0 Å². The molecule has 1 aliphatic rings. The van der Waals surface area contributed by atoms with Gasteiger partial charge >= 0.3 is 0 Å². The van der Waals surface area contributed by atoms with Crippen molar-refractivity contribution in [2.24, 2.45) is 5.92 Å². The molecule has 0 bridgehead atoms. The van der Waals surface area contributed by atoms with Gasteiger partial charge in [-0.05, 0) is 19.3 Å². The van der Waals surface area contributed by atoms with Crippen LogP contribution in [0.25, 0.3) is 0 Å². The van der Waals surface area contributed by atoms with E-state index in [0.29, 0.717) is 0 Å². The number of rotatable bonds is 4. The smallest absolute Gasteiger partial charge is 0.225 e. The van der Waals surface area contributed by atoms with Crippen LogP contribution in [0.2, 0.25) is 0 Å². The van der Waals surface area contributed by atoms with Gasteiger partial charge in [-0.1, -0.05) is 15.9 Å². The number of hydrogen-bond acceptors (Lipinski definition) is 2. The largest absolute Gasteiger partial charge is 0.381 e. The van der Waals surface area contributed by atoms with Gasteiger partial charge in [-0.15, -0.1) is 0 Å². The van der Waals surface area contributed by atoms with Gasteiger partial charge < -0.3 is 9.64 Å². The number of carbonyl (C=O) groups excluding carboxylic acids is 1. The fourth-order valence-electron chi connectivity index (χ4n) is 1.66. The molecule has 0 radical (unpaired) electrons. The first-order valence-corrected chi connectivity index (χ1v) is 6.26. The minimum Gasteiger partial charge on any atom is -0.381 e. The molecular weight excluding hydrogens is 246 g/mol. The zero-order valence-electron chi connectivity index (χ0n) is 8.67. The summed E-state index contributed by atoms with van der Waals surface area (Å²) in [4.78, 5) is 13.7. The molecule has 0 aromatic heterocycles. The third-order valence-electron chi connectivity index (χ3n) is 2.57. The third-order valence-corrected chi connectivity index (χ3v) is 3.13. The molecule has 0 aromatic carbocycles. The molecule has 0 saturated carbocycles. The summed E-state index contributed by atoms with van der Waals surface area (Å²) in [5.74, 6) is 0.485. The molecule has 0 atom stereocenters. The Balaban J connectivity index is 2.30. The first-order valence-electron chi connectivity index (χ1n) is 5.14. The Morgan fingerprint density at radius 2 is 2.14 bits per heavy atom. The highest BCUT2D eigenvalue weighted by Crippen LogP contribution is 2.17. The molecule has 82 valence electrons. The van der Waals surface area contributed by atoms with Crippen LogP contribution in [0.3, 0.4) is 0 Å². The monoisotopic (exact) mass is 263 g/mol. The van der Waals surface area contributed by atoms with Gasteiger partial charge in [-0.25, -0.2) is 0 Å². The molecule has 1 heterocycles. The normalized spacial score (nSPS) is 18.1. The second-order valence-corrected chi connectivity index (χ2v) is 4.48. The van der Waals surface area contributed by atoms with Crippen LogP contribution in [0.1, 0.15) is 19.3 Å². The van der Waals surface area contributed by atoms with E-state index in [1.165, 1.54) is 0 Å². The molecule has 0 unspecified atom stereocenters. The lowest BCUT2D eigenvalue weighted by molar-refractivity contribution is -0.137. The maximum Gasteiger partial charge on any atom is 0.225 e. The number of carbonyl (C=O) groups is 1. The van der Waals surface area contributed by atoms with E-state index < -0.39 is 0 Å². The van der Waals surface area contributed by atoms with Gasteiger partial charge in [0.05, 0.1) is 0 Å². The second kappa shape index (κ2) is 6.40. The van der Waals surface area contributed by atoms with Crippen molar-refractivity contribution in [3.05, 3.63) is 0 Å². The average Bonchev–Trinajstić information content (AvgIpc) is 2.26. The van der Waals surface area contributed by atoms with E-state index in [4.69, 9.17) is 4.74 Å². The topological polar surface area (TPSA) is 29.5 Å². The molecule has 4 heteroatoms. The highest BCUT2D eigenvalue weighted by molar-refractivity contribution is 9.09. The Bertz CT molecular complexity index is 181. The molecule has 0 N–H and O–H groups in total. The number of ether oxygens (including phenoxy) is 1. The van der Waals surface area contributed by atoms with E-state index in [1.54, 1.807) is 0 Å². The molecule has 1 aliphatic heterocycles. The second-order valence-electron chi connectivity index (χ2n) is 3.69. The summed E-state index contributed by atoms with van der Waals surface area (Å²) in [5.41, 5.74) is 0. The van der Waals surface area contributed by atoms with Gasteiger partial charge in [0.1, 0.15) is 0 Å². The molecule has 1 saturated heterocycles. The predicted octanol–water partition coefficient (Wildman–Crippen LogP) is 1.66. The van der Waals surface area contributed by atoms with Gasteiger partial charge in [0, 0.05) is 38.1 Å². The molecular formula is C10H18BrNO2. The number of hydrogen-bond donors (Lipinski definition) is 0. The minimum atomic E-state index is 0.198. The van der Waals surface area contributed by atoms with Crippen LogP contribution in [0.5, 0.6) is 0 Å². The maximum absolute atomic E-state index is 11.9. The zero-order chi connectivity index (χ0) is 10.4. The summed E-state index contributed by atoms with van der Waals surface area (Å²) < 4.78 is 5.23. The molecule has 3 nitrogen and oxygen atoms in total. The van der Waals surface area contributed by atoms with Gasteiger partial charge in [-0.2, -0.15) is 0 Å². The van der Waals surface area contributed by atoms with E-state index in [2.05, 4.69) is 15.9 Å². The van der Waals surface area contributed by atoms with Crippen LogP contribution in [-0.4, -0.2) is 42.9 Å². The quantitative estimate of drug-likeness (QED) is 0.723. The lowest BCUT2D eigenvalue weighted by Crippen LogP contribution is -2.36. The molecule has 1 rings (SSSR count). The molecule has 0 aliphatic carbocycles. The van der Waals surface area contributed by atoms with E-state index in [-0.39, 0.29) is 11.8 Å². The number of amides is 1. The van der Waals surface area contributed by atoms with Crippen LogP contribution >= 0.6 is 15.9 Å². The van der Waals surface area contributed by atoms with Crippen molar-refractivity contribution >= 4 is 21.8 Å². The van der Waals surface area contributed by atoms with E-state index >= 15 is 0 Å². The number of nitrogens with zero attached hydrogens (tertiary/aromatic N) is 1. The fraction of sp³-hybridized carbons (Fsp3) is 0.900. The standard InChI is InChI=1S/C10H18BrNO2/c1-12(6-2-5-11)10(13)9-3-7-14-8-4-9/h9H,2-8H2,1H3. The number of halogens is 1. The van der Waals surface area contributed by atoms with Crippen LogP contribution in [0, 0.1) is 5.92 Å². The Hall–Kier alpha value is -0.0900. The SMILES string of the molecule is CN(CCCBr)C(=O)C1CCOCC1. The van der Waals surface area contributed by atoms with E-state index in [1.807, 2.05) is 11.9 Å². The molecule has 0 spiro atoms. The third kappa shape index (κ3) is 3.58. The Morgan fingerprint density at radius 1 is 1.50 bits per heavy atom. The lowest BCUT2D eigenvalue weighted by atomic mass is 9.99.